The molecule has 1 aromatic heterocycles. The number of esters is 1. The fourth-order valence-electron chi connectivity index (χ4n) is 10.4. The molecule has 0 amide bonds. The van der Waals surface area contributed by atoms with Gasteiger partial charge in [-0.3, -0.25) is 14.4 Å². The van der Waals surface area contributed by atoms with Crippen molar-refractivity contribution in [2.24, 2.45) is 45.3 Å². The lowest BCUT2D eigenvalue weighted by molar-refractivity contribution is -0.154. The monoisotopic (exact) mass is 573 g/mol. The number of aromatic nitrogens is 2. The Morgan fingerprint density at radius 1 is 1.10 bits per heavy atom. The SMILES string of the molecule is CC(=O)OC[C@]1(C)C(=O)C(C#N)=C[C@]2(C)C3=CC(=O)C4C5CC(C)(C)CC[C@]5(c5nc(C)no5)CCC4[C@]3(C)CC[C@H]21. The van der Waals surface area contributed by atoms with Gasteiger partial charge < -0.3 is 9.26 Å². The zero-order valence-electron chi connectivity index (χ0n) is 26.0. The minimum absolute atomic E-state index is 0.0757. The summed E-state index contributed by atoms with van der Waals surface area (Å²) in [6.45, 7) is 13.9. The highest BCUT2D eigenvalue weighted by atomic mass is 16.5. The van der Waals surface area contributed by atoms with E-state index in [9.17, 15) is 19.6 Å². The maximum atomic E-state index is 14.5. The van der Waals surface area contributed by atoms with Crippen molar-refractivity contribution < 1.29 is 23.6 Å². The molecule has 42 heavy (non-hydrogen) atoms. The van der Waals surface area contributed by atoms with Gasteiger partial charge in [0, 0.05) is 18.3 Å². The second-order valence-corrected chi connectivity index (χ2v) is 15.4. The predicted molar refractivity (Wildman–Crippen MR) is 154 cm³/mol. The average molecular weight is 574 g/mol. The standard InChI is InChI=1S/C34H43N3O5/c1-19-36-29(42-37-19)34-11-8-22-27(23(34)16-30(3,4)12-13-34)24(39)14-26-31(22,5)10-9-25-32(26,6)15-21(17-35)28(40)33(25,7)18-41-20(2)38/h14-15,22-23,25,27H,8-13,16,18H2,1-7H3/t22?,23?,25-,27?,31+,32+,33+,34-/m1/s1. The van der Waals surface area contributed by atoms with Gasteiger partial charge in [0.1, 0.15) is 12.7 Å². The molecule has 8 nitrogen and oxygen atoms in total. The van der Waals surface area contributed by atoms with Crippen molar-refractivity contribution in [1.82, 2.24) is 10.1 Å². The average Bonchev–Trinajstić information content (AvgIpc) is 3.37. The van der Waals surface area contributed by atoms with Crippen molar-refractivity contribution in [1.29, 1.82) is 5.26 Å². The van der Waals surface area contributed by atoms with E-state index < -0.39 is 16.8 Å². The molecule has 0 radical (unpaired) electrons. The van der Waals surface area contributed by atoms with E-state index in [0.29, 0.717) is 11.7 Å². The van der Waals surface area contributed by atoms with Gasteiger partial charge >= 0.3 is 5.97 Å². The molecular formula is C34H43N3O5. The Bertz CT molecular complexity index is 1480. The van der Waals surface area contributed by atoms with Crippen LogP contribution in [0.15, 0.2) is 27.8 Å². The van der Waals surface area contributed by atoms with Crippen LogP contribution in [0, 0.1) is 63.6 Å². The fourth-order valence-corrected chi connectivity index (χ4v) is 10.4. The van der Waals surface area contributed by atoms with Gasteiger partial charge in [-0.05, 0) is 93.5 Å². The van der Waals surface area contributed by atoms with Crippen molar-refractivity contribution in [3.63, 3.8) is 0 Å². The number of fused-ring (bicyclic) bond motifs is 7. The number of carbonyl (C=O) groups is 3. The van der Waals surface area contributed by atoms with Crippen LogP contribution in [0.4, 0.5) is 0 Å². The first kappa shape index (κ1) is 29.0. The third-order valence-electron chi connectivity index (χ3n) is 12.4. The lowest BCUT2D eigenvalue weighted by atomic mass is 9.38. The van der Waals surface area contributed by atoms with Gasteiger partial charge in [0.05, 0.1) is 16.4 Å². The fraction of sp³-hybridized carbons (Fsp3) is 0.706. The minimum atomic E-state index is -1.05. The highest BCUT2D eigenvalue weighted by Crippen LogP contribution is 2.70. The molecule has 3 fully saturated rings. The predicted octanol–water partition coefficient (Wildman–Crippen LogP) is 6.00. The number of Topliss-reactive ketones (excluding diaryl/α,β-unsaturated/α-hetero) is 1. The molecule has 0 spiro atoms. The first-order valence-electron chi connectivity index (χ1n) is 15.5. The summed E-state index contributed by atoms with van der Waals surface area (Å²) in [7, 11) is 0. The highest BCUT2D eigenvalue weighted by molar-refractivity contribution is 6.05. The van der Waals surface area contributed by atoms with E-state index in [4.69, 9.17) is 14.2 Å². The van der Waals surface area contributed by atoms with E-state index in [2.05, 4.69) is 38.9 Å². The largest absolute Gasteiger partial charge is 0.465 e. The van der Waals surface area contributed by atoms with Gasteiger partial charge in [-0.15, -0.1) is 0 Å². The van der Waals surface area contributed by atoms with Gasteiger partial charge in [-0.1, -0.05) is 44.5 Å². The van der Waals surface area contributed by atoms with Gasteiger partial charge in [-0.2, -0.15) is 10.2 Å². The first-order valence-corrected chi connectivity index (χ1v) is 15.5. The number of allylic oxidation sites excluding steroid dienone is 4. The van der Waals surface area contributed by atoms with Crippen LogP contribution in [0.3, 0.4) is 0 Å². The molecule has 0 aromatic carbocycles. The summed E-state index contributed by atoms with van der Waals surface area (Å²) in [6, 6.07) is 2.14. The maximum Gasteiger partial charge on any atom is 0.302 e. The number of ketones is 2. The van der Waals surface area contributed by atoms with E-state index in [0.717, 1.165) is 50.5 Å². The zero-order chi connectivity index (χ0) is 30.5. The third-order valence-corrected chi connectivity index (χ3v) is 12.4. The van der Waals surface area contributed by atoms with Crippen molar-refractivity contribution >= 4 is 17.5 Å². The Kier molecular flexibility index (Phi) is 6.36. The molecule has 0 bridgehead atoms. The molecule has 5 aliphatic carbocycles. The van der Waals surface area contributed by atoms with Crippen LogP contribution in [0.25, 0.3) is 0 Å². The molecule has 5 aliphatic rings. The van der Waals surface area contributed by atoms with Crippen molar-refractivity contribution in [3.05, 3.63) is 35.0 Å². The Morgan fingerprint density at radius 2 is 1.83 bits per heavy atom. The van der Waals surface area contributed by atoms with Gasteiger partial charge in [0.25, 0.3) is 0 Å². The quantitative estimate of drug-likeness (QED) is 0.403. The molecule has 224 valence electrons. The van der Waals surface area contributed by atoms with Crippen LogP contribution in [0.1, 0.15) is 98.2 Å². The van der Waals surface area contributed by atoms with Gasteiger partial charge in [0.2, 0.25) is 5.89 Å². The highest BCUT2D eigenvalue weighted by Gasteiger charge is 2.67. The Balaban J connectivity index is 1.47. The van der Waals surface area contributed by atoms with Crippen LogP contribution >= 0.6 is 0 Å². The molecule has 3 unspecified atom stereocenters. The number of nitriles is 1. The summed E-state index contributed by atoms with van der Waals surface area (Å²) in [5.41, 5.74) is -1.09. The van der Waals surface area contributed by atoms with E-state index in [1.165, 1.54) is 6.92 Å². The second-order valence-electron chi connectivity index (χ2n) is 15.4. The third kappa shape index (κ3) is 3.87. The molecule has 0 saturated heterocycles. The molecule has 1 heterocycles. The molecule has 1 aromatic rings. The van der Waals surface area contributed by atoms with Crippen LogP contribution < -0.4 is 0 Å². The van der Waals surface area contributed by atoms with Gasteiger partial charge in [-0.25, -0.2) is 0 Å². The first-order chi connectivity index (χ1) is 19.6. The lowest BCUT2D eigenvalue weighted by Gasteiger charge is -2.64. The Hall–Kier alpha value is -3.08. The summed E-state index contributed by atoms with van der Waals surface area (Å²) in [4.78, 5) is 44.7. The van der Waals surface area contributed by atoms with Crippen molar-refractivity contribution in [2.45, 2.75) is 98.8 Å². The van der Waals surface area contributed by atoms with Crippen LogP contribution in [0.2, 0.25) is 0 Å². The molecule has 8 heteroatoms. The number of hydrogen-bond acceptors (Lipinski definition) is 8. The second kappa shape index (κ2) is 9.21. The number of aryl methyl sites for hydroxylation is 1. The van der Waals surface area contributed by atoms with E-state index in [1.54, 1.807) is 0 Å². The van der Waals surface area contributed by atoms with E-state index in [-0.39, 0.29) is 63.7 Å². The molecular weight excluding hydrogens is 530 g/mol. The van der Waals surface area contributed by atoms with E-state index >= 15 is 0 Å². The minimum Gasteiger partial charge on any atom is -0.465 e. The molecule has 0 aliphatic heterocycles. The van der Waals surface area contributed by atoms with Gasteiger partial charge in [0.15, 0.2) is 17.4 Å². The van der Waals surface area contributed by atoms with Crippen LogP contribution in [-0.4, -0.2) is 34.3 Å². The lowest BCUT2D eigenvalue weighted by Crippen LogP contribution is -2.62. The number of ether oxygens (including phenoxy) is 1. The Labute approximate surface area is 248 Å². The molecule has 0 N–H and O–H groups in total. The smallest absolute Gasteiger partial charge is 0.302 e. The number of rotatable bonds is 3. The molecule has 6 rings (SSSR count). The van der Waals surface area contributed by atoms with Crippen LogP contribution in [-0.2, 0) is 24.5 Å². The molecule has 3 saturated carbocycles. The molecule has 8 atom stereocenters. The summed E-state index contributed by atoms with van der Waals surface area (Å²) in [5.74, 6) is 0.608. The zero-order valence-corrected chi connectivity index (χ0v) is 26.0. The topological polar surface area (TPSA) is 123 Å². The van der Waals surface area contributed by atoms with Crippen molar-refractivity contribution in [3.8, 4) is 6.07 Å². The maximum absolute atomic E-state index is 14.5. The summed E-state index contributed by atoms with van der Waals surface area (Å²) in [5, 5.41) is 14.2. The normalized spacial score (nSPS) is 42.1. The summed E-state index contributed by atoms with van der Waals surface area (Å²) in [6.07, 6.45) is 9.96. The van der Waals surface area contributed by atoms with Crippen LogP contribution in [0.5, 0.6) is 0 Å². The summed E-state index contributed by atoms with van der Waals surface area (Å²) < 4.78 is 11.3. The van der Waals surface area contributed by atoms with Crippen molar-refractivity contribution in [2.75, 3.05) is 6.61 Å². The summed E-state index contributed by atoms with van der Waals surface area (Å²) >= 11 is 0. The number of hydrogen-bond donors (Lipinski definition) is 0. The number of nitrogens with zero attached hydrogens (tertiary/aromatic N) is 3. The van der Waals surface area contributed by atoms with E-state index in [1.807, 2.05) is 26.0 Å². The number of carbonyl (C=O) groups excluding carboxylic acids is 3. The Morgan fingerprint density at radius 3 is 2.48 bits per heavy atom.